The van der Waals surface area contributed by atoms with Crippen LogP contribution in [0.1, 0.15) is 43.9 Å². The van der Waals surface area contributed by atoms with Crippen LogP contribution in [-0.4, -0.2) is 35.6 Å². The number of nitrogens with zero attached hydrogens (tertiary/aromatic N) is 3. The van der Waals surface area contributed by atoms with Crippen molar-refractivity contribution in [2.45, 2.75) is 39.5 Å². The lowest BCUT2D eigenvalue weighted by Gasteiger charge is -2.26. The van der Waals surface area contributed by atoms with E-state index in [4.69, 9.17) is 10.5 Å². The highest BCUT2D eigenvalue weighted by Crippen LogP contribution is 2.46. The maximum absolute atomic E-state index is 13.6. The Hall–Kier alpha value is -2.67. The minimum atomic E-state index is 0.0281. The molecular weight excluding hydrogens is 366 g/mol. The van der Waals surface area contributed by atoms with Gasteiger partial charge in [0.15, 0.2) is 5.82 Å². The van der Waals surface area contributed by atoms with E-state index in [1.807, 2.05) is 32.0 Å². The summed E-state index contributed by atoms with van der Waals surface area (Å²) in [6, 6.07) is 5.82. The van der Waals surface area contributed by atoms with Gasteiger partial charge in [-0.1, -0.05) is 13.0 Å². The van der Waals surface area contributed by atoms with Crippen molar-refractivity contribution in [1.29, 1.82) is 0 Å². The van der Waals surface area contributed by atoms with Gasteiger partial charge in [0, 0.05) is 18.4 Å². The van der Waals surface area contributed by atoms with Crippen molar-refractivity contribution in [3.8, 4) is 5.75 Å². The molecule has 3 heterocycles. The summed E-state index contributed by atoms with van der Waals surface area (Å²) in [7, 11) is 0. The molecule has 7 nitrogen and oxygen atoms in total. The van der Waals surface area contributed by atoms with E-state index in [-0.39, 0.29) is 17.7 Å². The number of rotatable bonds is 4. The van der Waals surface area contributed by atoms with Gasteiger partial charge in [0.1, 0.15) is 17.8 Å². The molecule has 3 atom stereocenters. The van der Waals surface area contributed by atoms with Crippen LogP contribution in [-0.2, 0) is 4.79 Å². The Morgan fingerprint density at radius 1 is 1.34 bits per heavy atom. The molecule has 1 fully saturated rings. The molecule has 154 valence electrons. The van der Waals surface area contributed by atoms with E-state index in [0.29, 0.717) is 30.5 Å². The number of benzene rings is 1. The highest BCUT2D eigenvalue weighted by molar-refractivity contribution is 6.04. The Labute approximate surface area is 171 Å². The molecule has 0 radical (unpaired) electrons. The van der Waals surface area contributed by atoms with E-state index in [1.165, 1.54) is 6.33 Å². The van der Waals surface area contributed by atoms with E-state index >= 15 is 0 Å². The molecular formula is C22H29N5O2. The monoisotopic (exact) mass is 395 g/mol. The third kappa shape index (κ3) is 3.55. The van der Waals surface area contributed by atoms with Crippen LogP contribution in [0.2, 0.25) is 0 Å². The van der Waals surface area contributed by atoms with Crippen LogP contribution in [0.5, 0.6) is 5.75 Å². The molecule has 1 aromatic heterocycles. The Kier molecular flexibility index (Phi) is 5.41. The minimum absolute atomic E-state index is 0.0281. The normalized spacial score (nSPS) is 24.3. The molecule has 2 aliphatic heterocycles. The number of nitrogen functional groups attached to an aromatic ring is 1. The summed E-state index contributed by atoms with van der Waals surface area (Å²) < 4.78 is 5.77. The van der Waals surface area contributed by atoms with Crippen molar-refractivity contribution >= 4 is 23.1 Å². The summed E-state index contributed by atoms with van der Waals surface area (Å²) in [4.78, 5) is 24.0. The zero-order valence-corrected chi connectivity index (χ0v) is 17.3. The average Bonchev–Trinajstić information content (AvgIpc) is 3.20. The SMILES string of the molecule is CCOc1cc(N2C(=O)CC(C3CCNC3)C(C)c3ncnc(N)c32)ccc1C. The summed E-state index contributed by atoms with van der Waals surface area (Å²) >= 11 is 0. The van der Waals surface area contributed by atoms with Gasteiger partial charge in [0.05, 0.1) is 18.0 Å². The van der Waals surface area contributed by atoms with Crippen molar-refractivity contribution < 1.29 is 9.53 Å². The van der Waals surface area contributed by atoms with Crippen molar-refractivity contribution in [1.82, 2.24) is 15.3 Å². The first-order valence-electron chi connectivity index (χ1n) is 10.4. The molecule has 2 aliphatic rings. The molecule has 4 rings (SSSR count). The van der Waals surface area contributed by atoms with Crippen molar-refractivity contribution in [2.24, 2.45) is 11.8 Å². The predicted molar refractivity (Wildman–Crippen MR) is 113 cm³/mol. The van der Waals surface area contributed by atoms with Gasteiger partial charge in [-0.3, -0.25) is 9.69 Å². The highest BCUT2D eigenvalue weighted by Gasteiger charge is 2.40. The first-order chi connectivity index (χ1) is 14.0. The molecule has 29 heavy (non-hydrogen) atoms. The lowest BCUT2D eigenvalue weighted by molar-refractivity contribution is -0.119. The lowest BCUT2D eigenvalue weighted by atomic mass is 9.78. The molecule has 0 saturated carbocycles. The molecule has 1 amide bonds. The largest absolute Gasteiger partial charge is 0.494 e. The fourth-order valence-electron chi connectivity index (χ4n) is 4.70. The van der Waals surface area contributed by atoms with Crippen molar-refractivity contribution in [3.63, 3.8) is 0 Å². The Bertz CT molecular complexity index is 910. The Morgan fingerprint density at radius 3 is 2.90 bits per heavy atom. The van der Waals surface area contributed by atoms with E-state index in [2.05, 4.69) is 22.2 Å². The molecule has 1 aromatic carbocycles. The molecule has 0 aliphatic carbocycles. The summed E-state index contributed by atoms with van der Waals surface area (Å²) in [5.41, 5.74) is 9.53. The number of hydrogen-bond donors (Lipinski definition) is 2. The molecule has 0 spiro atoms. The van der Waals surface area contributed by atoms with Crippen LogP contribution in [0.25, 0.3) is 0 Å². The van der Waals surface area contributed by atoms with E-state index in [1.54, 1.807) is 4.90 Å². The van der Waals surface area contributed by atoms with Gasteiger partial charge >= 0.3 is 0 Å². The molecule has 3 N–H and O–H groups in total. The fourth-order valence-corrected chi connectivity index (χ4v) is 4.70. The second-order valence-electron chi connectivity index (χ2n) is 8.01. The number of aromatic nitrogens is 2. The number of nitrogens with one attached hydrogen (secondary N) is 1. The number of fused-ring (bicyclic) bond motifs is 1. The van der Waals surface area contributed by atoms with Crippen molar-refractivity contribution in [3.05, 3.63) is 35.8 Å². The zero-order valence-electron chi connectivity index (χ0n) is 17.3. The van der Waals surface area contributed by atoms with Crippen LogP contribution < -0.4 is 20.7 Å². The Balaban J connectivity index is 1.83. The van der Waals surface area contributed by atoms with Gasteiger partial charge in [0.25, 0.3) is 0 Å². The van der Waals surface area contributed by atoms with Crippen molar-refractivity contribution in [2.75, 3.05) is 30.3 Å². The first-order valence-corrected chi connectivity index (χ1v) is 10.4. The smallest absolute Gasteiger partial charge is 0.232 e. The van der Waals surface area contributed by atoms with Gasteiger partial charge in [-0.15, -0.1) is 0 Å². The van der Waals surface area contributed by atoms with Crippen LogP contribution in [0.3, 0.4) is 0 Å². The number of amides is 1. The standard InChI is InChI=1S/C22H29N5O2/c1-4-29-18-9-16(6-5-13(18)2)27-19(28)10-17(15-7-8-24-11-15)14(3)20-21(27)22(23)26-12-25-20/h5-6,9,12,14-15,17,24H,4,7-8,10-11H2,1-3H3,(H2,23,25,26). The minimum Gasteiger partial charge on any atom is -0.494 e. The number of ether oxygens (including phenoxy) is 1. The summed E-state index contributed by atoms with van der Waals surface area (Å²) in [6.07, 6.45) is 3.04. The summed E-state index contributed by atoms with van der Waals surface area (Å²) in [6.45, 7) is 8.61. The third-order valence-corrected chi connectivity index (χ3v) is 6.27. The quantitative estimate of drug-likeness (QED) is 0.826. The summed E-state index contributed by atoms with van der Waals surface area (Å²) in [5, 5.41) is 3.43. The Morgan fingerprint density at radius 2 is 2.17 bits per heavy atom. The van der Waals surface area contributed by atoms with Gasteiger partial charge in [-0.2, -0.15) is 0 Å². The molecule has 7 heteroatoms. The van der Waals surface area contributed by atoms with E-state index in [9.17, 15) is 4.79 Å². The molecule has 2 aromatic rings. The number of anilines is 3. The molecule has 1 saturated heterocycles. The van der Waals surface area contributed by atoms with E-state index in [0.717, 1.165) is 42.2 Å². The lowest BCUT2D eigenvalue weighted by Crippen LogP contribution is -2.29. The first kappa shape index (κ1) is 19.6. The predicted octanol–water partition coefficient (Wildman–Crippen LogP) is 3.16. The van der Waals surface area contributed by atoms with Gasteiger partial charge in [-0.05, 0) is 56.8 Å². The second kappa shape index (κ2) is 7.99. The van der Waals surface area contributed by atoms with Crippen LogP contribution in [0.15, 0.2) is 24.5 Å². The second-order valence-corrected chi connectivity index (χ2v) is 8.01. The topological polar surface area (TPSA) is 93.4 Å². The third-order valence-electron chi connectivity index (χ3n) is 6.27. The summed E-state index contributed by atoms with van der Waals surface area (Å²) in [5.74, 6) is 1.91. The fraction of sp³-hybridized carbons (Fsp3) is 0.500. The number of aryl methyl sites for hydroxylation is 1. The maximum atomic E-state index is 13.6. The maximum Gasteiger partial charge on any atom is 0.232 e. The average molecular weight is 396 g/mol. The molecule has 3 unspecified atom stereocenters. The van der Waals surface area contributed by atoms with Crippen LogP contribution in [0, 0.1) is 18.8 Å². The van der Waals surface area contributed by atoms with Gasteiger partial charge in [0.2, 0.25) is 5.91 Å². The van der Waals surface area contributed by atoms with Gasteiger partial charge < -0.3 is 15.8 Å². The van der Waals surface area contributed by atoms with Crippen LogP contribution in [0.4, 0.5) is 17.2 Å². The van der Waals surface area contributed by atoms with Crippen LogP contribution >= 0.6 is 0 Å². The molecule has 0 bridgehead atoms. The van der Waals surface area contributed by atoms with E-state index < -0.39 is 0 Å². The van der Waals surface area contributed by atoms with Gasteiger partial charge in [-0.25, -0.2) is 9.97 Å². The number of hydrogen-bond acceptors (Lipinski definition) is 6. The number of carbonyl (C=O) groups excluding carboxylic acids is 1. The number of nitrogens with two attached hydrogens (primary N) is 1. The highest BCUT2D eigenvalue weighted by atomic mass is 16.5. The zero-order chi connectivity index (χ0) is 20.5. The number of carbonyl (C=O) groups is 1.